The van der Waals surface area contributed by atoms with Gasteiger partial charge in [-0.05, 0) is 24.6 Å². The molecule has 1 N–H and O–H groups in total. The molecular formula is C15H18N2O. The van der Waals surface area contributed by atoms with Gasteiger partial charge in [-0.25, -0.2) is 0 Å². The number of pyridine rings is 1. The molecule has 0 aliphatic heterocycles. The van der Waals surface area contributed by atoms with Gasteiger partial charge in [-0.2, -0.15) is 0 Å². The van der Waals surface area contributed by atoms with Gasteiger partial charge in [-0.1, -0.05) is 23.8 Å². The Hall–Kier alpha value is -1.87. The van der Waals surface area contributed by atoms with Gasteiger partial charge in [0, 0.05) is 37.2 Å². The number of aryl methyl sites for hydroxylation is 1. The van der Waals surface area contributed by atoms with Gasteiger partial charge in [0.25, 0.3) is 0 Å². The Morgan fingerprint density at radius 3 is 2.78 bits per heavy atom. The van der Waals surface area contributed by atoms with Crippen LogP contribution in [0.2, 0.25) is 0 Å². The molecule has 0 radical (unpaired) electrons. The molecule has 0 saturated heterocycles. The lowest BCUT2D eigenvalue weighted by Crippen LogP contribution is -2.18. The second-order valence-corrected chi connectivity index (χ2v) is 4.51. The highest BCUT2D eigenvalue weighted by atomic mass is 16.3. The van der Waals surface area contributed by atoms with Crippen molar-refractivity contribution in [2.75, 3.05) is 11.9 Å². The SMILES string of the molecule is Cc1ccc(N(C)Cc2cccnc2)c(CO)c1. The lowest BCUT2D eigenvalue weighted by Gasteiger charge is -2.22. The van der Waals surface area contributed by atoms with Crippen LogP contribution in [0.3, 0.4) is 0 Å². The van der Waals surface area contributed by atoms with E-state index in [1.54, 1.807) is 6.20 Å². The standard InChI is InChI=1S/C15H18N2O/c1-12-5-6-15(14(8-12)11-18)17(2)10-13-4-3-7-16-9-13/h3-9,18H,10-11H2,1-2H3. The van der Waals surface area contributed by atoms with Crippen molar-refractivity contribution in [3.63, 3.8) is 0 Å². The third-order valence-corrected chi connectivity index (χ3v) is 2.96. The second kappa shape index (κ2) is 5.65. The molecule has 2 aromatic rings. The van der Waals surface area contributed by atoms with Crippen molar-refractivity contribution in [3.8, 4) is 0 Å². The number of nitrogens with zero attached hydrogens (tertiary/aromatic N) is 2. The van der Waals surface area contributed by atoms with Crippen LogP contribution in [-0.2, 0) is 13.2 Å². The Labute approximate surface area is 108 Å². The maximum Gasteiger partial charge on any atom is 0.0702 e. The smallest absolute Gasteiger partial charge is 0.0702 e. The van der Waals surface area contributed by atoms with Crippen LogP contribution in [0.25, 0.3) is 0 Å². The van der Waals surface area contributed by atoms with Gasteiger partial charge in [0.1, 0.15) is 0 Å². The molecule has 3 heteroatoms. The van der Waals surface area contributed by atoms with E-state index in [1.807, 2.05) is 32.3 Å². The van der Waals surface area contributed by atoms with Crippen LogP contribution in [0.5, 0.6) is 0 Å². The van der Waals surface area contributed by atoms with E-state index in [9.17, 15) is 5.11 Å². The number of aliphatic hydroxyl groups is 1. The molecule has 3 nitrogen and oxygen atoms in total. The average Bonchev–Trinajstić information content (AvgIpc) is 2.39. The Kier molecular flexibility index (Phi) is 3.95. The lowest BCUT2D eigenvalue weighted by atomic mass is 10.1. The zero-order valence-electron chi connectivity index (χ0n) is 10.8. The van der Waals surface area contributed by atoms with Crippen LogP contribution >= 0.6 is 0 Å². The molecule has 0 spiro atoms. The molecule has 0 fully saturated rings. The fourth-order valence-electron chi connectivity index (χ4n) is 2.06. The summed E-state index contributed by atoms with van der Waals surface area (Å²) in [6.45, 7) is 2.88. The molecule has 0 aliphatic carbocycles. The van der Waals surface area contributed by atoms with E-state index in [-0.39, 0.29) is 6.61 Å². The van der Waals surface area contributed by atoms with Crippen LogP contribution in [0, 0.1) is 6.92 Å². The molecule has 0 amide bonds. The number of aromatic nitrogens is 1. The van der Waals surface area contributed by atoms with E-state index >= 15 is 0 Å². The van der Waals surface area contributed by atoms with Gasteiger partial charge in [0.05, 0.1) is 6.61 Å². The number of rotatable bonds is 4. The Balaban J connectivity index is 2.21. The molecule has 0 bridgehead atoms. The summed E-state index contributed by atoms with van der Waals surface area (Å²) >= 11 is 0. The lowest BCUT2D eigenvalue weighted by molar-refractivity contribution is 0.282. The first kappa shape index (κ1) is 12.6. The topological polar surface area (TPSA) is 36.4 Å². The van der Waals surface area contributed by atoms with Gasteiger partial charge in [0.2, 0.25) is 0 Å². The van der Waals surface area contributed by atoms with Gasteiger partial charge in [-0.3, -0.25) is 4.98 Å². The largest absolute Gasteiger partial charge is 0.392 e. The van der Waals surface area contributed by atoms with Gasteiger partial charge in [0.15, 0.2) is 0 Å². The fraction of sp³-hybridized carbons (Fsp3) is 0.267. The van der Waals surface area contributed by atoms with E-state index < -0.39 is 0 Å². The van der Waals surface area contributed by atoms with Crippen LogP contribution < -0.4 is 4.90 Å². The van der Waals surface area contributed by atoms with E-state index in [1.165, 1.54) is 0 Å². The third kappa shape index (κ3) is 2.87. The summed E-state index contributed by atoms with van der Waals surface area (Å²) in [6, 6.07) is 10.1. The number of anilines is 1. The van der Waals surface area contributed by atoms with Crippen molar-refractivity contribution in [2.24, 2.45) is 0 Å². The Morgan fingerprint density at radius 1 is 1.28 bits per heavy atom. The van der Waals surface area contributed by atoms with Crippen molar-refractivity contribution < 1.29 is 5.11 Å². The molecule has 1 heterocycles. The first-order valence-electron chi connectivity index (χ1n) is 6.01. The van der Waals surface area contributed by atoms with Crippen molar-refractivity contribution in [3.05, 3.63) is 59.4 Å². The van der Waals surface area contributed by atoms with Crippen molar-refractivity contribution in [2.45, 2.75) is 20.1 Å². The predicted octanol–water partition coefficient (Wildman–Crippen LogP) is 2.52. The average molecular weight is 242 g/mol. The second-order valence-electron chi connectivity index (χ2n) is 4.51. The van der Waals surface area contributed by atoms with Gasteiger partial charge < -0.3 is 10.0 Å². The van der Waals surface area contributed by atoms with Crippen LogP contribution in [0.15, 0.2) is 42.7 Å². The van der Waals surface area contributed by atoms with Crippen molar-refractivity contribution in [1.29, 1.82) is 0 Å². The van der Waals surface area contributed by atoms with Crippen LogP contribution in [0.1, 0.15) is 16.7 Å². The minimum atomic E-state index is 0.0639. The van der Waals surface area contributed by atoms with E-state index in [2.05, 4.69) is 28.1 Å². The van der Waals surface area contributed by atoms with E-state index in [0.717, 1.165) is 28.9 Å². The highest BCUT2D eigenvalue weighted by molar-refractivity contribution is 5.54. The number of aliphatic hydroxyl groups excluding tert-OH is 1. The summed E-state index contributed by atoms with van der Waals surface area (Å²) in [5.41, 5.74) is 4.34. The summed E-state index contributed by atoms with van der Waals surface area (Å²) in [5, 5.41) is 9.42. The zero-order valence-corrected chi connectivity index (χ0v) is 10.8. The molecule has 2 rings (SSSR count). The summed E-state index contributed by atoms with van der Waals surface area (Å²) in [7, 11) is 2.02. The fourth-order valence-corrected chi connectivity index (χ4v) is 2.06. The molecule has 94 valence electrons. The summed E-state index contributed by atoms with van der Waals surface area (Å²) in [4.78, 5) is 6.24. The number of hydrogen-bond donors (Lipinski definition) is 1. The van der Waals surface area contributed by atoms with Crippen molar-refractivity contribution in [1.82, 2.24) is 4.98 Å². The minimum absolute atomic E-state index is 0.0639. The maximum absolute atomic E-state index is 9.42. The third-order valence-electron chi connectivity index (χ3n) is 2.96. The molecule has 1 aromatic carbocycles. The summed E-state index contributed by atoms with van der Waals surface area (Å²) in [5.74, 6) is 0. The summed E-state index contributed by atoms with van der Waals surface area (Å²) in [6.07, 6.45) is 3.64. The van der Waals surface area contributed by atoms with Gasteiger partial charge >= 0.3 is 0 Å². The molecule has 18 heavy (non-hydrogen) atoms. The van der Waals surface area contributed by atoms with E-state index in [4.69, 9.17) is 0 Å². The number of hydrogen-bond acceptors (Lipinski definition) is 3. The molecular weight excluding hydrogens is 224 g/mol. The van der Waals surface area contributed by atoms with E-state index in [0.29, 0.717) is 0 Å². The van der Waals surface area contributed by atoms with Gasteiger partial charge in [-0.15, -0.1) is 0 Å². The predicted molar refractivity (Wildman–Crippen MR) is 73.4 cm³/mol. The monoisotopic (exact) mass is 242 g/mol. The first-order chi connectivity index (χ1) is 8.70. The Morgan fingerprint density at radius 2 is 2.11 bits per heavy atom. The molecule has 0 atom stereocenters. The Bertz CT molecular complexity index is 511. The quantitative estimate of drug-likeness (QED) is 0.895. The first-order valence-corrected chi connectivity index (χ1v) is 6.01. The van der Waals surface area contributed by atoms with Crippen LogP contribution in [0.4, 0.5) is 5.69 Å². The molecule has 0 unspecified atom stereocenters. The molecule has 1 aromatic heterocycles. The maximum atomic E-state index is 9.42. The summed E-state index contributed by atoms with van der Waals surface area (Å²) < 4.78 is 0. The highest BCUT2D eigenvalue weighted by Crippen LogP contribution is 2.22. The van der Waals surface area contributed by atoms with Crippen LogP contribution in [-0.4, -0.2) is 17.1 Å². The van der Waals surface area contributed by atoms with Crippen molar-refractivity contribution >= 4 is 5.69 Å². The minimum Gasteiger partial charge on any atom is -0.392 e. The molecule has 0 aliphatic rings. The number of benzene rings is 1. The highest BCUT2D eigenvalue weighted by Gasteiger charge is 2.07. The normalized spacial score (nSPS) is 10.4. The zero-order chi connectivity index (χ0) is 13.0. The molecule has 0 saturated carbocycles.